The number of benzene rings is 1. The van der Waals surface area contributed by atoms with E-state index < -0.39 is 39.4 Å². The molecule has 0 bridgehead atoms. The first-order chi connectivity index (χ1) is 11.7. The van der Waals surface area contributed by atoms with Gasteiger partial charge in [-0.1, -0.05) is 5.21 Å². The Bertz CT molecular complexity index is 847. The third kappa shape index (κ3) is 4.57. The number of thiol groups is 1. The molecule has 0 spiro atoms. The highest BCUT2D eigenvalue weighted by Crippen LogP contribution is 2.24. The van der Waals surface area contributed by atoms with E-state index in [1.807, 2.05) is 0 Å². The zero-order chi connectivity index (χ0) is 18.6. The van der Waals surface area contributed by atoms with Crippen LogP contribution in [0.4, 0.5) is 8.78 Å². The maximum Gasteiger partial charge on any atom is 0.250 e. The minimum Gasteiger partial charge on any atom is -0.289 e. The predicted octanol–water partition coefficient (Wildman–Crippen LogP) is 0.736. The van der Waals surface area contributed by atoms with Crippen molar-refractivity contribution in [2.45, 2.75) is 19.9 Å². The summed E-state index contributed by atoms with van der Waals surface area (Å²) in [5.41, 5.74) is 0.728. The molecule has 0 fully saturated rings. The summed E-state index contributed by atoms with van der Waals surface area (Å²) in [6, 6.07) is 3.30. The number of aromatic nitrogens is 3. The summed E-state index contributed by atoms with van der Waals surface area (Å²) in [4.78, 5) is 11.7. The molecule has 2 aromatic rings. The first kappa shape index (κ1) is 18.9. The van der Waals surface area contributed by atoms with Crippen LogP contribution < -0.4 is 5.48 Å². The lowest BCUT2D eigenvalue weighted by molar-refractivity contribution is -0.138. The molecule has 1 amide bonds. The van der Waals surface area contributed by atoms with Crippen LogP contribution in [0, 0.1) is 17.0 Å². The number of halogens is 2. The SMILES string of the molecule is C[C@](CCn1cc(-c2ccc(F)c(F)c2)nn1)(C[SH](=O)=O)C(=O)NO. The standard InChI is InChI=1S/C14H16F2N4O4S/c1-14(8-25(23)24,13(21)18-22)4-5-20-7-12(17-19-20)9-2-3-10(15)11(16)6-9/h2-3,6-7,22,25H,4-5,8H2,1H3,(H,18,21)/t14-/m0/s1. The van der Waals surface area contributed by atoms with Crippen molar-refractivity contribution in [3.8, 4) is 11.3 Å². The van der Waals surface area contributed by atoms with Crippen LogP contribution in [-0.2, 0) is 22.0 Å². The predicted molar refractivity (Wildman–Crippen MR) is 83.2 cm³/mol. The number of hydroxylamine groups is 1. The molecule has 1 atom stereocenters. The number of carbonyl (C=O) groups excluding carboxylic acids is 1. The average Bonchev–Trinajstić information content (AvgIpc) is 3.03. The fourth-order valence-corrected chi connectivity index (χ4v) is 3.11. The average molecular weight is 374 g/mol. The molecule has 2 rings (SSSR count). The lowest BCUT2D eigenvalue weighted by atomic mass is 9.88. The van der Waals surface area contributed by atoms with E-state index in [9.17, 15) is 22.0 Å². The van der Waals surface area contributed by atoms with Crippen LogP contribution in [0.2, 0.25) is 0 Å². The van der Waals surface area contributed by atoms with Crippen LogP contribution in [0.15, 0.2) is 24.4 Å². The fourth-order valence-electron chi connectivity index (χ4n) is 2.24. The van der Waals surface area contributed by atoms with Gasteiger partial charge < -0.3 is 0 Å². The summed E-state index contributed by atoms with van der Waals surface area (Å²) in [5.74, 6) is -3.26. The summed E-state index contributed by atoms with van der Waals surface area (Å²) in [7, 11) is -2.84. The highest BCUT2D eigenvalue weighted by molar-refractivity contribution is 7.72. The van der Waals surface area contributed by atoms with E-state index in [1.165, 1.54) is 29.3 Å². The third-order valence-corrected chi connectivity index (χ3v) is 4.73. The van der Waals surface area contributed by atoms with Gasteiger partial charge in [-0.15, -0.1) is 5.10 Å². The van der Waals surface area contributed by atoms with Gasteiger partial charge in [0.2, 0.25) is 5.91 Å². The lowest BCUT2D eigenvalue weighted by Gasteiger charge is -2.24. The highest BCUT2D eigenvalue weighted by Gasteiger charge is 2.34. The number of aryl methyl sites for hydroxylation is 1. The molecule has 11 heteroatoms. The van der Waals surface area contributed by atoms with Crippen LogP contribution in [0.5, 0.6) is 0 Å². The smallest absolute Gasteiger partial charge is 0.250 e. The molecular formula is C14H16F2N4O4S. The molecule has 8 nitrogen and oxygen atoms in total. The zero-order valence-corrected chi connectivity index (χ0v) is 14.0. The monoisotopic (exact) mass is 374 g/mol. The summed E-state index contributed by atoms with van der Waals surface area (Å²) in [6.45, 7) is 1.53. The molecule has 0 aliphatic heterocycles. The molecule has 0 saturated carbocycles. The molecule has 1 aromatic carbocycles. The third-order valence-electron chi connectivity index (χ3n) is 3.77. The van der Waals surface area contributed by atoms with Crippen molar-refractivity contribution in [1.29, 1.82) is 0 Å². The van der Waals surface area contributed by atoms with Gasteiger partial charge in [-0.05, 0) is 31.5 Å². The van der Waals surface area contributed by atoms with Gasteiger partial charge in [0, 0.05) is 12.1 Å². The van der Waals surface area contributed by atoms with E-state index in [0.29, 0.717) is 11.3 Å². The lowest BCUT2D eigenvalue weighted by Crippen LogP contribution is -2.41. The van der Waals surface area contributed by atoms with Crippen molar-refractivity contribution >= 4 is 16.6 Å². The van der Waals surface area contributed by atoms with E-state index in [2.05, 4.69) is 10.3 Å². The summed E-state index contributed by atoms with van der Waals surface area (Å²) in [6.07, 6.45) is 1.52. The van der Waals surface area contributed by atoms with Gasteiger partial charge in [-0.2, -0.15) is 0 Å². The summed E-state index contributed by atoms with van der Waals surface area (Å²) < 4.78 is 49.5. The fraction of sp³-hybridized carbons (Fsp3) is 0.357. The molecule has 1 aromatic heterocycles. The van der Waals surface area contributed by atoms with Gasteiger partial charge in [0.1, 0.15) is 16.4 Å². The Labute approximate surface area is 143 Å². The Hall–Kier alpha value is -2.40. The minimum atomic E-state index is -2.84. The molecule has 25 heavy (non-hydrogen) atoms. The first-order valence-electron chi connectivity index (χ1n) is 7.17. The minimum absolute atomic E-state index is 0.0588. The summed E-state index contributed by atoms with van der Waals surface area (Å²) >= 11 is 0. The number of amides is 1. The highest BCUT2D eigenvalue weighted by atomic mass is 32.2. The van der Waals surface area contributed by atoms with Crippen molar-refractivity contribution in [2.24, 2.45) is 5.41 Å². The maximum absolute atomic E-state index is 13.3. The van der Waals surface area contributed by atoms with Gasteiger partial charge in [0.15, 0.2) is 11.6 Å². The molecule has 0 radical (unpaired) electrons. The molecular weight excluding hydrogens is 358 g/mol. The first-order valence-corrected chi connectivity index (χ1v) is 8.53. The van der Waals surface area contributed by atoms with Gasteiger partial charge in [-0.25, -0.2) is 22.7 Å². The number of nitrogens with one attached hydrogen (secondary N) is 1. The van der Waals surface area contributed by atoms with Crippen LogP contribution in [-0.4, -0.2) is 40.3 Å². The zero-order valence-electron chi connectivity index (χ0n) is 13.1. The second-order valence-electron chi connectivity index (χ2n) is 5.74. The van der Waals surface area contributed by atoms with E-state index in [4.69, 9.17) is 5.21 Å². The van der Waals surface area contributed by atoms with E-state index in [-0.39, 0.29) is 13.0 Å². The molecule has 0 aliphatic carbocycles. The van der Waals surface area contributed by atoms with E-state index in [0.717, 1.165) is 12.1 Å². The van der Waals surface area contributed by atoms with Gasteiger partial charge >= 0.3 is 0 Å². The van der Waals surface area contributed by atoms with Gasteiger partial charge in [0.05, 0.1) is 17.4 Å². The Balaban J connectivity index is 2.14. The van der Waals surface area contributed by atoms with E-state index in [1.54, 1.807) is 0 Å². The Morgan fingerprint density at radius 2 is 2.08 bits per heavy atom. The Morgan fingerprint density at radius 1 is 1.36 bits per heavy atom. The Morgan fingerprint density at radius 3 is 2.68 bits per heavy atom. The van der Waals surface area contributed by atoms with Gasteiger partial charge in [-0.3, -0.25) is 14.7 Å². The van der Waals surface area contributed by atoms with Crippen molar-refractivity contribution in [1.82, 2.24) is 20.5 Å². The largest absolute Gasteiger partial charge is 0.289 e. The number of rotatable bonds is 7. The van der Waals surface area contributed by atoms with Crippen LogP contribution in [0.1, 0.15) is 13.3 Å². The molecule has 136 valence electrons. The number of nitrogens with zero attached hydrogens (tertiary/aromatic N) is 3. The van der Waals surface area contributed by atoms with Crippen molar-refractivity contribution in [3.63, 3.8) is 0 Å². The molecule has 0 saturated heterocycles. The van der Waals surface area contributed by atoms with Crippen molar-refractivity contribution in [2.75, 3.05) is 5.75 Å². The maximum atomic E-state index is 13.3. The number of carbonyl (C=O) groups is 1. The molecule has 1 heterocycles. The second-order valence-corrected chi connectivity index (χ2v) is 6.72. The van der Waals surface area contributed by atoms with Crippen molar-refractivity contribution < 1.29 is 27.2 Å². The van der Waals surface area contributed by atoms with E-state index >= 15 is 0 Å². The van der Waals surface area contributed by atoms with Crippen LogP contribution in [0.25, 0.3) is 11.3 Å². The molecule has 2 N–H and O–H groups in total. The van der Waals surface area contributed by atoms with Crippen LogP contribution >= 0.6 is 0 Å². The Kier molecular flexibility index (Phi) is 5.80. The molecule has 0 aliphatic rings. The summed E-state index contributed by atoms with van der Waals surface area (Å²) in [5, 5.41) is 16.4. The number of hydrogen-bond donors (Lipinski definition) is 3. The quantitative estimate of drug-likeness (QED) is 0.374. The topological polar surface area (TPSA) is 114 Å². The number of hydrogen-bond acceptors (Lipinski definition) is 6. The second kappa shape index (κ2) is 7.66. The van der Waals surface area contributed by atoms with Crippen molar-refractivity contribution in [3.05, 3.63) is 36.0 Å². The molecule has 0 unspecified atom stereocenters. The normalized spacial score (nSPS) is 13.6. The van der Waals surface area contributed by atoms with Gasteiger partial charge in [0.25, 0.3) is 0 Å². The van der Waals surface area contributed by atoms with Crippen LogP contribution in [0.3, 0.4) is 0 Å².